The van der Waals surface area contributed by atoms with E-state index in [0.717, 1.165) is 22.7 Å². The summed E-state index contributed by atoms with van der Waals surface area (Å²) in [5.74, 6) is 0. The van der Waals surface area contributed by atoms with Crippen LogP contribution in [0.15, 0.2) is 231 Å². The van der Waals surface area contributed by atoms with E-state index in [1.165, 1.54) is 76.7 Å². The van der Waals surface area contributed by atoms with Crippen LogP contribution in [0.25, 0.3) is 82.4 Å². The minimum absolute atomic E-state index is 1.09. The molecule has 1 heterocycles. The summed E-state index contributed by atoms with van der Waals surface area (Å²) in [7, 11) is 0. The highest BCUT2D eigenvalue weighted by molar-refractivity contribution is 6.17. The van der Waals surface area contributed by atoms with E-state index < -0.39 is 0 Å². The van der Waals surface area contributed by atoms with Crippen molar-refractivity contribution in [1.82, 2.24) is 4.57 Å². The van der Waals surface area contributed by atoms with Crippen molar-refractivity contribution >= 4 is 60.4 Å². The van der Waals surface area contributed by atoms with Crippen molar-refractivity contribution in [3.8, 4) is 39.1 Å². The molecule has 0 aliphatic rings. The Morgan fingerprint density at radius 1 is 0.293 bits per heavy atom. The number of fused-ring (bicyclic) bond motifs is 5. The number of para-hydroxylation sites is 3. The Kier molecular flexibility index (Phi) is 8.19. The Morgan fingerprint density at radius 3 is 1.38 bits per heavy atom. The van der Waals surface area contributed by atoms with Crippen molar-refractivity contribution in [2.75, 3.05) is 4.90 Å². The van der Waals surface area contributed by atoms with Gasteiger partial charge in [0.05, 0.1) is 16.7 Å². The monoisotopic (exact) mass is 738 g/mol. The number of anilines is 3. The third-order valence-electron chi connectivity index (χ3n) is 11.6. The summed E-state index contributed by atoms with van der Waals surface area (Å²) >= 11 is 0. The average molecular weight is 739 g/mol. The van der Waals surface area contributed by atoms with Crippen LogP contribution in [0.3, 0.4) is 0 Å². The minimum Gasteiger partial charge on any atom is -0.310 e. The third kappa shape index (κ3) is 5.66. The fourth-order valence-corrected chi connectivity index (χ4v) is 8.96. The molecule has 0 aliphatic carbocycles. The smallest absolute Gasteiger partial charge is 0.0547 e. The quantitative estimate of drug-likeness (QED) is 0.158. The number of hydrogen-bond donors (Lipinski definition) is 0. The number of aromatic nitrogens is 1. The first-order chi connectivity index (χ1) is 28.8. The zero-order valence-corrected chi connectivity index (χ0v) is 31.8. The summed E-state index contributed by atoms with van der Waals surface area (Å²) in [6.07, 6.45) is 0. The van der Waals surface area contributed by atoms with Gasteiger partial charge in [-0.15, -0.1) is 0 Å². The lowest BCUT2D eigenvalue weighted by atomic mass is 9.95. The molecular weight excluding hydrogens is 701 g/mol. The van der Waals surface area contributed by atoms with Gasteiger partial charge in [-0.3, -0.25) is 0 Å². The number of rotatable bonds is 7. The van der Waals surface area contributed by atoms with Crippen LogP contribution in [-0.4, -0.2) is 4.57 Å². The number of nitrogens with zero attached hydrogens (tertiary/aromatic N) is 2. The molecule has 10 aromatic carbocycles. The van der Waals surface area contributed by atoms with Crippen LogP contribution in [0, 0.1) is 0 Å². The fourth-order valence-electron chi connectivity index (χ4n) is 8.96. The van der Waals surface area contributed by atoms with Crippen molar-refractivity contribution in [2.24, 2.45) is 0 Å². The van der Waals surface area contributed by atoms with Gasteiger partial charge >= 0.3 is 0 Å². The lowest BCUT2D eigenvalue weighted by molar-refractivity contribution is 1.18. The summed E-state index contributed by atoms with van der Waals surface area (Å²) in [6.45, 7) is 0. The van der Waals surface area contributed by atoms with E-state index in [4.69, 9.17) is 0 Å². The molecule has 0 N–H and O–H groups in total. The van der Waals surface area contributed by atoms with Gasteiger partial charge in [-0.25, -0.2) is 0 Å². The number of benzene rings is 10. The van der Waals surface area contributed by atoms with E-state index in [-0.39, 0.29) is 0 Å². The van der Waals surface area contributed by atoms with Gasteiger partial charge in [0.25, 0.3) is 0 Å². The standard InChI is InChI=1S/C56H38N2/c1-2-19-43(20-3-1)58-54-29-11-9-24-52(54)56-51(27-14-30-55(56)58)50-23-8-10-28-53(50)57(44-35-31-41(32-36-44)48-25-12-17-39-15-4-6-21-46(39)48)45-37-33-42(34-38-45)49-26-13-18-40-16-5-7-22-47(40)49/h1-38H. The van der Waals surface area contributed by atoms with Crippen LogP contribution in [0.5, 0.6) is 0 Å². The van der Waals surface area contributed by atoms with Crippen molar-refractivity contribution in [3.63, 3.8) is 0 Å². The molecule has 0 atom stereocenters. The van der Waals surface area contributed by atoms with Crippen molar-refractivity contribution in [1.29, 1.82) is 0 Å². The minimum atomic E-state index is 1.09. The molecule has 0 spiro atoms. The summed E-state index contributed by atoms with van der Waals surface area (Å²) in [4.78, 5) is 2.42. The second-order valence-corrected chi connectivity index (χ2v) is 14.9. The van der Waals surface area contributed by atoms with E-state index in [2.05, 4.69) is 240 Å². The molecule has 11 rings (SSSR count). The predicted molar refractivity (Wildman–Crippen MR) is 247 cm³/mol. The molecule has 0 saturated carbocycles. The van der Waals surface area contributed by atoms with Crippen LogP contribution in [-0.2, 0) is 0 Å². The van der Waals surface area contributed by atoms with Gasteiger partial charge in [-0.2, -0.15) is 0 Å². The first-order valence-corrected chi connectivity index (χ1v) is 19.9. The van der Waals surface area contributed by atoms with Gasteiger partial charge in [-0.05, 0) is 104 Å². The second kappa shape index (κ2) is 14.1. The van der Waals surface area contributed by atoms with Crippen molar-refractivity contribution in [3.05, 3.63) is 231 Å². The lowest BCUT2D eigenvalue weighted by Crippen LogP contribution is -2.11. The van der Waals surface area contributed by atoms with Crippen LogP contribution in [0.1, 0.15) is 0 Å². The average Bonchev–Trinajstić information content (AvgIpc) is 3.64. The highest BCUT2D eigenvalue weighted by atomic mass is 15.1. The van der Waals surface area contributed by atoms with Gasteiger partial charge in [0, 0.05) is 33.4 Å². The van der Waals surface area contributed by atoms with Crippen LogP contribution in [0.2, 0.25) is 0 Å². The molecule has 2 nitrogen and oxygen atoms in total. The molecular formula is C56H38N2. The highest BCUT2D eigenvalue weighted by Crippen LogP contribution is 2.46. The fraction of sp³-hybridized carbons (Fsp3) is 0. The van der Waals surface area contributed by atoms with Crippen molar-refractivity contribution < 1.29 is 0 Å². The van der Waals surface area contributed by atoms with Crippen LogP contribution in [0.4, 0.5) is 17.1 Å². The summed E-state index contributed by atoms with van der Waals surface area (Å²) < 4.78 is 2.40. The summed E-state index contributed by atoms with van der Waals surface area (Å²) in [5, 5.41) is 7.48. The molecule has 0 bridgehead atoms. The van der Waals surface area contributed by atoms with Crippen molar-refractivity contribution in [2.45, 2.75) is 0 Å². The zero-order chi connectivity index (χ0) is 38.4. The van der Waals surface area contributed by atoms with Gasteiger partial charge in [0.1, 0.15) is 0 Å². The molecule has 0 fully saturated rings. The zero-order valence-electron chi connectivity index (χ0n) is 31.8. The SMILES string of the molecule is c1ccc(-n2c3ccccc3c3c(-c4ccccc4N(c4ccc(-c5cccc6ccccc56)cc4)c4ccc(-c5cccc6ccccc56)cc4)cccc32)cc1. The normalized spacial score (nSPS) is 11.4. The number of hydrogen-bond acceptors (Lipinski definition) is 1. The van der Waals surface area contributed by atoms with E-state index >= 15 is 0 Å². The maximum atomic E-state index is 2.42. The van der Waals surface area contributed by atoms with E-state index in [1.54, 1.807) is 0 Å². The topological polar surface area (TPSA) is 8.17 Å². The molecule has 0 aliphatic heterocycles. The first-order valence-electron chi connectivity index (χ1n) is 19.9. The predicted octanol–water partition coefficient (Wildman–Crippen LogP) is 15.6. The Hall–Kier alpha value is -7.68. The molecule has 0 unspecified atom stereocenters. The summed E-state index contributed by atoms with van der Waals surface area (Å²) in [5.41, 5.74) is 14.0. The Bertz CT molecular complexity index is 3130. The third-order valence-corrected chi connectivity index (χ3v) is 11.6. The second-order valence-electron chi connectivity index (χ2n) is 14.9. The molecule has 0 saturated heterocycles. The lowest BCUT2D eigenvalue weighted by Gasteiger charge is -2.28. The van der Waals surface area contributed by atoms with Gasteiger partial charge in [0.2, 0.25) is 0 Å². The van der Waals surface area contributed by atoms with E-state index in [9.17, 15) is 0 Å². The largest absolute Gasteiger partial charge is 0.310 e. The maximum Gasteiger partial charge on any atom is 0.0547 e. The van der Waals surface area contributed by atoms with Gasteiger partial charge < -0.3 is 9.47 Å². The van der Waals surface area contributed by atoms with Gasteiger partial charge in [-0.1, -0.05) is 176 Å². The molecule has 58 heavy (non-hydrogen) atoms. The Labute approximate surface area is 338 Å². The molecule has 2 heteroatoms. The van der Waals surface area contributed by atoms with Gasteiger partial charge in [0.15, 0.2) is 0 Å². The Morgan fingerprint density at radius 2 is 0.741 bits per heavy atom. The molecule has 0 radical (unpaired) electrons. The van der Waals surface area contributed by atoms with E-state index in [0.29, 0.717) is 0 Å². The summed E-state index contributed by atoms with van der Waals surface area (Å²) in [6, 6.07) is 83.7. The maximum absolute atomic E-state index is 2.42. The highest BCUT2D eigenvalue weighted by Gasteiger charge is 2.22. The molecule has 11 aromatic rings. The molecule has 272 valence electrons. The Balaban J connectivity index is 1.10. The van der Waals surface area contributed by atoms with Crippen LogP contribution >= 0.6 is 0 Å². The molecule has 0 amide bonds. The van der Waals surface area contributed by atoms with Crippen LogP contribution < -0.4 is 4.90 Å². The first kappa shape index (κ1) is 33.6. The van der Waals surface area contributed by atoms with E-state index in [1.807, 2.05) is 0 Å². The molecule has 1 aromatic heterocycles.